The van der Waals surface area contributed by atoms with Crippen molar-refractivity contribution < 1.29 is 13.9 Å². The maximum absolute atomic E-state index is 12.7. The molecule has 2 rings (SSSR count). The van der Waals surface area contributed by atoms with E-state index in [0.29, 0.717) is 6.42 Å². The molecule has 10 heavy (non-hydrogen) atoms. The summed E-state index contributed by atoms with van der Waals surface area (Å²) in [5, 5.41) is 8.61. The second-order valence-electron chi connectivity index (χ2n) is 3.34. The normalized spacial score (nSPS) is 48.9. The van der Waals surface area contributed by atoms with Crippen LogP contribution in [0.2, 0.25) is 0 Å². The number of rotatable bonds is 1. The number of aliphatic hydroxyl groups is 1. The number of halogens is 2. The van der Waals surface area contributed by atoms with Gasteiger partial charge >= 0.3 is 0 Å². The van der Waals surface area contributed by atoms with Crippen molar-refractivity contribution in [2.24, 2.45) is 17.8 Å². The van der Waals surface area contributed by atoms with E-state index in [9.17, 15) is 8.78 Å². The maximum Gasteiger partial charge on any atom is 0.251 e. The molecule has 3 atom stereocenters. The SMILES string of the molecule is OCC1C2CCC(F)(F)C12. The van der Waals surface area contributed by atoms with Crippen LogP contribution in [0.3, 0.4) is 0 Å². The number of alkyl halides is 2. The molecule has 1 nitrogen and oxygen atoms in total. The van der Waals surface area contributed by atoms with Crippen molar-refractivity contribution in [2.45, 2.75) is 18.8 Å². The molecule has 0 aliphatic heterocycles. The molecule has 3 heteroatoms. The molecular formula is C7H10F2O. The molecule has 2 aliphatic rings. The van der Waals surface area contributed by atoms with E-state index in [0.717, 1.165) is 0 Å². The zero-order valence-electron chi connectivity index (χ0n) is 5.56. The van der Waals surface area contributed by atoms with E-state index in [1.807, 2.05) is 0 Å². The van der Waals surface area contributed by atoms with Crippen molar-refractivity contribution in [3.8, 4) is 0 Å². The average molecular weight is 148 g/mol. The maximum atomic E-state index is 12.7. The highest BCUT2D eigenvalue weighted by atomic mass is 19.3. The summed E-state index contributed by atoms with van der Waals surface area (Å²) in [7, 11) is 0. The van der Waals surface area contributed by atoms with Gasteiger partial charge in [-0.2, -0.15) is 0 Å². The minimum Gasteiger partial charge on any atom is -0.396 e. The van der Waals surface area contributed by atoms with Crippen molar-refractivity contribution in [2.75, 3.05) is 6.61 Å². The van der Waals surface area contributed by atoms with Crippen LogP contribution in [0.5, 0.6) is 0 Å². The molecule has 2 saturated carbocycles. The largest absolute Gasteiger partial charge is 0.396 e. The second-order valence-corrected chi connectivity index (χ2v) is 3.34. The van der Waals surface area contributed by atoms with Crippen LogP contribution < -0.4 is 0 Å². The predicted molar refractivity (Wildman–Crippen MR) is 31.7 cm³/mol. The lowest BCUT2D eigenvalue weighted by Gasteiger charge is -2.11. The van der Waals surface area contributed by atoms with Crippen LogP contribution in [-0.4, -0.2) is 17.6 Å². The van der Waals surface area contributed by atoms with Gasteiger partial charge in [-0.1, -0.05) is 0 Å². The molecule has 2 aliphatic carbocycles. The predicted octanol–water partition coefficient (Wildman–Crippen LogP) is 1.27. The summed E-state index contributed by atoms with van der Waals surface area (Å²) in [6.45, 7) is -0.0507. The minimum absolute atomic E-state index is 0.0405. The van der Waals surface area contributed by atoms with E-state index >= 15 is 0 Å². The van der Waals surface area contributed by atoms with E-state index in [1.165, 1.54) is 0 Å². The highest BCUT2D eigenvalue weighted by Crippen LogP contribution is 2.63. The molecule has 1 N–H and O–H groups in total. The number of aliphatic hydroxyl groups excluding tert-OH is 1. The third-order valence-corrected chi connectivity index (χ3v) is 2.84. The van der Waals surface area contributed by atoms with Crippen LogP contribution >= 0.6 is 0 Å². The molecule has 0 radical (unpaired) electrons. The Morgan fingerprint density at radius 2 is 2.20 bits per heavy atom. The van der Waals surface area contributed by atoms with Crippen LogP contribution in [0.4, 0.5) is 8.78 Å². The molecule has 0 saturated heterocycles. The van der Waals surface area contributed by atoms with E-state index in [1.54, 1.807) is 0 Å². The van der Waals surface area contributed by atoms with Gasteiger partial charge < -0.3 is 5.11 Å². The zero-order valence-corrected chi connectivity index (χ0v) is 5.56. The third kappa shape index (κ3) is 0.641. The molecule has 3 unspecified atom stereocenters. The second kappa shape index (κ2) is 1.70. The van der Waals surface area contributed by atoms with E-state index < -0.39 is 11.8 Å². The Hall–Kier alpha value is -0.180. The van der Waals surface area contributed by atoms with Gasteiger partial charge in [0.2, 0.25) is 0 Å². The van der Waals surface area contributed by atoms with Crippen molar-refractivity contribution in [1.82, 2.24) is 0 Å². The standard InChI is InChI=1S/C7H10F2O/c8-7(9)2-1-4-5(3-10)6(4)7/h4-6,10H,1-3H2. The minimum atomic E-state index is -2.46. The lowest BCUT2D eigenvalue weighted by Crippen LogP contribution is -2.17. The van der Waals surface area contributed by atoms with E-state index in [-0.39, 0.29) is 24.9 Å². The van der Waals surface area contributed by atoms with Gasteiger partial charge in [0.25, 0.3) is 5.92 Å². The molecule has 0 amide bonds. The Morgan fingerprint density at radius 3 is 2.50 bits per heavy atom. The Bertz CT molecular complexity index is 154. The van der Waals surface area contributed by atoms with Gasteiger partial charge in [0, 0.05) is 18.9 Å². The van der Waals surface area contributed by atoms with Gasteiger partial charge in [-0.25, -0.2) is 8.78 Å². The van der Waals surface area contributed by atoms with Crippen molar-refractivity contribution in [3.05, 3.63) is 0 Å². The van der Waals surface area contributed by atoms with Crippen LogP contribution in [-0.2, 0) is 0 Å². The number of hydrogen-bond acceptors (Lipinski definition) is 1. The monoisotopic (exact) mass is 148 g/mol. The molecule has 0 aromatic rings. The Morgan fingerprint density at radius 1 is 1.50 bits per heavy atom. The van der Waals surface area contributed by atoms with E-state index in [2.05, 4.69) is 0 Å². The molecule has 0 aromatic heterocycles. The first-order chi connectivity index (χ1) is 4.67. The van der Waals surface area contributed by atoms with Gasteiger partial charge in [-0.15, -0.1) is 0 Å². The van der Waals surface area contributed by atoms with Crippen molar-refractivity contribution >= 4 is 0 Å². The van der Waals surface area contributed by atoms with Crippen LogP contribution in [0, 0.1) is 17.8 Å². The van der Waals surface area contributed by atoms with Gasteiger partial charge in [0.15, 0.2) is 0 Å². The molecule has 0 bridgehead atoms. The first-order valence-corrected chi connectivity index (χ1v) is 3.65. The summed E-state index contributed by atoms with van der Waals surface area (Å²) in [5.41, 5.74) is 0. The van der Waals surface area contributed by atoms with Crippen molar-refractivity contribution in [3.63, 3.8) is 0 Å². The number of fused-ring (bicyclic) bond motifs is 1. The first kappa shape index (κ1) is 6.53. The van der Waals surface area contributed by atoms with Crippen LogP contribution in [0.15, 0.2) is 0 Å². The molecular weight excluding hydrogens is 138 g/mol. The Labute approximate surface area is 58.0 Å². The molecule has 0 spiro atoms. The van der Waals surface area contributed by atoms with Crippen LogP contribution in [0.25, 0.3) is 0 Å². The van der Waals surface area contributed by atoms with Gasteiger partial charge in [0.05, 0.1) is 0 Å². The van der Waals surface area contributed by atoms with Gasteiger partial charge in [0.1, 0.15) is 0 Å². The summed E-state index contributed by atoms with van der Waals surface area (Å²) >= 11 is 0. The van der Waals surface area contributed by atoms with Gasteiger partial charge in [-0.05, 0) is 18.3 Å². The fraction of sp³-hybridized carbons (Fsp3) is 1.00. The Balaban J connectivity index is 2.07. The zero-order chi connectivity index (χ0) is 7.35. The summed E-state index contributed by atoms with van der Waals surface area (Å²) in [5.74, 6) is -2.88. The third-order valence-electron chi connectivity index (χ3n) is 2.84. The molecule has 58 valence electrons. The molecule has 2 fully saturated rings. The quantitative estimate of drug-likeness (QED) is 0.593. The smallest absolute Gasteiger partial charge is 0.251 e. The van der Waals surface area contributed by atoms with Gasteiger partial charge in [-0.3, -0.25) is 0 Å². The molecule has 0 aromatic carbocycles. The van der Waals surface area contributed by atoms with Crippen molar-refractivity contribution in [1.29, 1.82) is 0 Å². The topological polar surface area (TPSA) is 20.2 Å². The lowest BCUT2D eigenvalue weighted by atomic mass is 10.1. The number of hydrogen-bond donors (Lipinski definition) is 1. The van der Waals surface area contributed by atoms with E-state index in [4.69, 9.17) is 5.11 Å². The highest BCUT2D eigenvalue weighted by Gasteiger charge is 2.66. The summed E-state index contributed by atoms with van der Waals surface area (Å²) < 4.78 is 25.4. The Kier molecular flexibility index (Phi) is 1.11. The summed E-state index contributed by atoms with van der Waals surface area (Å²) in [6, 6.07) is 0. The fourth-order valence-electron chi connectivity index (χ4n) is 2.24. The lowest BCUT2D eigenvalue weighted by molar-refractivity contribution is -0.0246. The summed E-state index contributed by atoms with van der Waals surface area (Å²) in [6.07, 6.45) is 0.654. The first-order valence-electron chi connectivity index (χ1n) is 3.65. The van der Waals surface area contributed by atoms with Crippen LogP contribution in [0.1, 0.15) is 12.8 Å². The average Bonchev–Trinajstić information content (AvgIpc) is 2.50. The molecule has 0 heterocycles. The summed E-state index contributed by atoms with van der Waals surface area (Å²) in [4.78, 5) is 0. The fourth-order valence-corrected chi connectivity index (χ4v) is 2.24. The highest BCUT2D eigenvalue weighted by molar-refractivity contribution is 5.09.